The number of fused-ring (bicyclic) bond motifs is 4. The molecule has 4 heterocycles. The Bertz CT molecular complexity index is 1410. The van der Waals surface area contributed by atoms with E-state index in [9.17, 15) is 14.7 Å². The Morgan fingerprint density at radius 2 is 1.87 bits per heavy atom. The molecule has 2 N–H and O–H groups in total. The molecule has 2 saturated heterocycles. The number of phenolic OH excluding ortho intramolecular Hbond substituents is 1. The second-order valence-corrected chi connectivity index (χ2v) is 11.2. The van der Waals surface area contributed by atoms with Crippen LogP contribution >= 0.6 is 0 Å². The van der Waals surface area contributed by atoms with Crippen LogP contribution in [0, 0.1) is 0 Å². The fourth-order valence-corrected chi connectivity index (χ4v) is 6.51. The molecular weight excluding hydrogens is 494 g/mol. The van der Waals surface area contributed by atoms with Gasteiger partial charge in [-0.05, 0) is 75.3 Å². The summed E-state index contributed by atoms with van der Waals surface area (Å²) in [6.45, 7) is 9.75. The molecule has 39 heavy (non-hydrogen) atoms. The van der Waals surface area contributed by atoms with E-state index in [-0.39, 0.29) is 17.7 Å². The monoisotopic (exact) mass is 531 g/mol. The molecule has 0 saturated carbocycles. The van der Waals surface area contributed by atoms with Gasteiger partial charge in [-0.1, -0.05) is 12.1 Å². The summed E-state index contributed by atoms with van der Waals surface area (Å²) in [6.07, 6.45) is 1.15. The summed E-state index contributed by atoms with van der Waals surface area (Å²) in [5, 5.41) is 11.3. The second kappa shape index (κ2) is 9.88. The lowest BCUT2D eigenvalue weighted by molar-refractivity contribution is -0.133. The van der Waals surface area contributed by atoms with Crippen molar-refractivity contribution in [3.05, 3.63) is 59.3 Å². The number of rotatable bonds is 7. The summed E-state index contributed by atoms with van der Waals surface area (Å²) in [7, 11) is 2.13. The van der Waals surface area contributed by atoms with E-state index in [2.05, 4.69) is 21.8 Å². The number of hydrogen-bond donors (Lipinski definition) is 2. The number of urea groups is 1. The summed E-state index contributed by atoms with van der Waals surface area (Å²) < 4.78 is 5.78. The molecule has 0 aliphatic carbocycles. The van der Waals surface area contributed by atoms with E-state index in [1.807, 2.05) is 38.1 Å². The highest BCUT2D eigenvalue weighted by atomic mass is 16.5. The van der Waals surface area contributed by atoms with Crippen molar-refractivity contribution in [3.8, 4) is 11.5 Å². The van der Waals surface area contributed by atoms with Gasteiger partial charge in [-0.3, -0.25) is 14.6 Å². The molecule has 3 amide bonds. The number of carbonyl (C=O) groups excluding carboxylic acids is 2. The van der Waals surface area contributed by atoms with E-state index < -0.39 is 11.6 Å². The normalized spacial score (nSPS) is 23.9. The highest BCUT2D eigenvalue weighted by molar-refractivity contribution is 6.08. The Hall–Kier alpha value is -3.56. The number of aromatic hydroxyl groups is 1. The van der Waals surface area contributed by atoms with Gasteiger partial charge in [0, 0.05) is 55.7 Å². The lowest BCUT2D eigenvalue weighted by atomic mass is 9.81. The average Bonchev–Trinajstić information content (AvgIpc) is 3.36. The van der Waals surface area contributed by atoms with Gasteiger partial charge in [0.15, 0.2) is 0 Å². The van der Waals surface area contributed by atoms with Crippen LogP contribution in [-0.2, 0) is 11.2 Å². The molecule has 2 aromatic carbocycles. The van der Waals surface area contributed by atoms with Crippen molar-refractivity contribution in [3.63, 3.8) is 0 Å². The minimum atomic E-state index is -1.04. The van der Waals surface area contributed by atoms with Crippen molar-refractivity contribution >= 4 is 22.8 Å². The minimum absolute atomic E-state index is 0.123. The Morgan fingerprint density at radius 1 is 1.08 bits per heavy atom. The second-order valence-electron chi connectivity index (χ2n) is 11.2. The number of carbonyl (C=O) groups is 2. The first kappa shape index (κ1) is 25.7. The molecular formula is C30H37N5O4. The molecule has 0 bridgehead atoms. The summed E-state index contributed by atoms with van der Waals surface area (Å²) >= 11 is 0. The number of nitrogens with zero attached hydrogens (tertiary/aromatic N) is 4. The van der Waals surface area contributed by atoms with Gasteiger partial charge in [0.1, 0.15) is 23.1 Å². The number of phenols is 1. The van der Waals surface area contributed by atoms with Gasteiger partial charge >= 0.3 is 6.03 Å². The molecule has 0 spiro atoms. The van der Waals surface area contributed by atoms with Gasteiger partial charge in [-0.25, -0.2) is 4.79 Å². The number of aromatic amines is 1. The fraction of sp³-hybridized carbons (Fsp3) is 0.467. The maximum atomic E-state index is 14.0. The maximum Gasteiger partial charge on any atom is 0.328 e. The topological polar surface area (TPSA) is 92.4 Å². The fourth-order valence-electron chi connectivity index (χ4n) is 6.51. The van der Waals surface area contributed by atoms with E-state index >= 15 is 0 Å². The average molecular weight is 532 g/mol. The summed E-state index contributed by atoms with van der Waals surface area (Å²) in [5.74, 6) is 0.739. The summed E-state index contributed by atoms with van der Waals surface area (Å²) in [4.78, 5) is 39.5. The van der Waals surface area contributed by atoms with Gasteiger partial charge in [0.25, 0.3) is 5.91 Å². The molecule has 6 rings (SSSR count). The zero-order valence-electron chi connectivity index (χ0n) is 22.9. The molecule has 206 valence electrons. The van der Waals surface area contributed by atoms with Crippen LogP contribution in [0.1, 0.15) is 43.1 Å². The zero-order chi connectivity index (χ0) is 27.3. The molecule has 3 aromatic rings. The Labute approximate surface area is 228 Å². The maximum absolute atomic E-state index is 14.0. The van der Waals surface area contributed by atoms with Crippen LogP contribution in [0.5, 0.6) is 11.5 Å². The van der Waals surface area contributed by atoms with Crippen LogP contribution in [0.15, 0.2) is 42.5 Å². The van der Waals surface area contributed by atoms with Gasteiger partial charge in [-0.15, -0.1) is 0 Å². The minimum Gasteiger partial charge on any atom is -0.508 e. The zero-order valence-corrected chi connectivity index (χ0v) is 22.9. The Balaban J connectivity index is 1.36. The molecule has 0 radical (unpaired) electrons. The molecule has 9 nitrogen and oxygen atoms in total. The number of nitrogens with one attached hydrogen (secondary N) is 1. The number of likely N-dealkylation sites (N-methyl/N-ethyl adjacent to an activating group) is 1. The van der Waals surface area contributed by atoms with Crippen molar-refractivity contribution in [1.82, 2.24) is 24.6 Å². The molecule has 2 atom stereocenters. The lowest BCUT2D eigenvalue weighted by Crippen LogP contribution is -2.53. The molecule has 9 heteroatoms. The van der Waals surface area contributed by atoms with Crippen LogP contribution in [0.4, 0.5) is 4.79 Å². The third-order valence-corrected chi connectivity index (χ3v) is 8.59. The van der Waals surface area contributed by atoms with Crippen molar-refractivity contribution in [2.45, 2.75) is 38.3 Å². The van der Waals surface area contributed by atoms with Gasteiger partial charge in [-0.2, -0.15) is 0 Å². The summed E-state index contributed by atoms with van der Waals surface area (Å²) in [5.41, 5.74) is 2.55. The predicted octanol–water partition coefficient (Wildman–Crippen LogP) is 3.58. The standard InChI is InChI=1S/C30H37N5O4/c1-4-39-22-9-10-25-23(18-22)24-19-30(2)28(37)34(12-6-11-33-15-13-32(3)14-16-33)29(38)35(30)27(26(24)31-25)20-7-5-8-21(36)17-20/h5,7-10,17-18,27,31,36H,4,6,11-16,19H2,1-3H3. The molecule has 1 aromatic heterocycles. The highest BCUT2D eigenvalue weighted by Gasteiger charge is 2.60. The van der Waals surface area contributed by atoms with E-state index in [0.717, 1.165) is 72.6 Å². The first-order chi connectivity index (χ1) is 18.8. The third kappa shape index (κ3) is 4.33. The number of aromatic nitrogens is 1. The lowest BCUT2D eigenvalue weighted by Gasteiger charge is -2.42. The molecule has 2 fully saturated rings. The third-order valence-electron chi connectivity index (χ3n) is 8.59. The van der Waals surface area contributed by atoms with E-state index in [0.29, 0.717) is 19.6 Å². The van der Waals surface area contributed by atoms with Crippen molar-refractivity contribution in [2.24, 2.45) is 0 Å². The molecule has 3 aliphatic rings. The number of hydrogen-bond acceptors (Lipinski definition) is 6. The Morgan fingerprint density at radius 3 is 2.62 bits per heavy atom. The van der Waals surface area contributed by atoms with Crippen LogP contribution in [0.25, 0.3) is 10.9 Å². The largest absolute Gasteiger partial charge is 0.508 e. The van der Waals surface area contributed by atoms with Gasteiger partial charge < -0.3 is 24.6 Å². The number of amides is 3. The smallest absolute Gasteiger partial charge is 0.328 e. The first-order valence-electron chi connectivity index (χ1n) is 13.9. The highest BCUT2D eigenvalue weighted by Crippen LogP contribution is 2.49. The summed E-state index contributed by atoms with van der Waals surface area (Å²) in [6, 6.07) is 12.1. The van der Waals surface area contributed by atoms with E-state index in [1.165, 1.54) is 4.90 Å². The number of imide groups is 1. The number of ether oxygens (including phenoxy) is 1. The van der Waals surface area contributed by atoms with Crippen molar-refractivity contribution < 1.29 is 19.4 Å². The van der Waals surface area contributed by atoms with Crippen molar-refractivity contribution in [1.29, 1.82) is 0 Å². The van der Waals surface area contributed by atoms with Crippen LogP contribution in [0.3, 0.4) is 0 Å². The Kier molecular flexibility index (Phi) is 6.51. The van der Waals surface area contributed by atoms with E-state index in [4.69, 9.17) is 4.74 Å². The quantitative estimate of drug-likeness (QED) is 0.453. The predicted molar refractivity (Wildman–Crippen MR) is 149 cm³/mol. The van der Waals surface area contributed by atoms with Crippen LogP contribution in [-0.4, -0.2) is 100 Å². The van der Waals surface area contributed by atoms with Crippen LogP contribution in [0.2, 0.25) is 0 Å². The molecule has 2 unspecified atom stereocenters. The number of benzene rings is 2. The van der Waals surface area contributed by atoms with Gasteiger partial charge in [0.2, 0.25) is 0 Å². The number of H-pyrrole nitrogens is 1. The van der Waals surface area contributed by atoms with Gasteiger partial charge in [0.05, 0.1) is 6.61 Å². The SMILES string of the molecule is CCOc1ccc2[nH]c3c(c2c1)CC1(C)C(=O)N(CCCN2CCN(C)CC2)C(=O)N1C3c1cccc(O)c1. The van der Waals surface area contributed by atoms with Crippen molar-refractivity contribution in [2.75, 3.05) is 52.9 Å². The number of piperazine rings is 1. The van der Waals surface area contributed by atoms with Crippen LogP contribution < -0.4 is 4.74 Å². The molecule has 3 aliphatic heterocycles. The van der Waals surface area contributed by atoms with E-state index in [1.54, 1.807) is 23.1 Å². The first-order valence-corrected chi connectivity index (χ1v) is 13.9.